The van der Waals surface area contributed by atoms with E-state index in [2.05, 4.69) is 60.6 Å². The van der Waals surface area contributed by atoms with Crippen molar-refractivity contribution in [3.63, 3.8) is 0 Å². The van der Waals surface area contributed by atoms with Crippen molar-refractivity contribution in [2.24, 2.45) is 45.3 Å². The molecule has 0 amide bonds. The lowest BCUT2D eigenvalue weighted by molar-refractivity contribution is -0.187. The van der Waals surface area contributed by atoms with Crippen LogP contribution in [0.1, 0.15) is 87.5 Å². The first-order chi connectivity index (χ1) is 17.6. The molecule has 6 heteroatoms. The smallest absolute Gasteiger partial charge is 0.304 e. The molecule has 1 N–H and O–H groups in total. The van der Waals surface area contributed by atoms with E-state index in [-0.39, 0.29) is 69.5 Å². The van der Waals surface area contributed by atoms with Crippen LogP contribution in [-0.2, 0) is 23.8 Å². The summed E-state index contributed by atoms with van der Waals surface area (Å²) < 4.78 is 18.1. The van der Waals surface area contributed by atoms with Gasteiger partial charge in [0.05, 0.1) is 17.8 Å². The Labute approximate surface area is 227 Å². The molecule has 0 unspecified atom stereocenters. The number of aliphatic hydroxyl groups excluding tert-OH is 1. The fourth-order valence-electron chi connectivity index (χ4n) is 10.3. The number of esters is 1. The van der Waals surface area contributed by atoms with Gasteiger partial charge in [-0.15, -0.1) is 0 Å². The first-order valence-corrected chi connectivity index (χ1v) is 14.7. The number of hydrogen-bond acceptors (Lipinski definition) is 6. The van der Waals surface area contributed by atoms with Crippen LogP contribution in [0.3, 0.4) is 0 Å². The van der Waals surface area contributed by atoms with Crippen LogP contribution >= 0.6 is 0 Å². The highest BCUT2D eigenvalue weighted by atomic mass is 16.7. The lowest BCUT2D eigenvalue weighted by atomic mass is 9.38. The second-order valence-corrected chi connectivity index (χ2v) is 15.0. The number of epoxide rings is 1. The maximum absolute atomic E-state index is 12.9. The zero-order chi connectivity index (χ0) is 27.6. The molecule has 210 valence electrons. The number of ether oxygens (including phenoxy) is 3. The molecule has 11 atom stereocenters. The number of aliphatic hydroxyl groups is 1. The van der Waals surface area contributed by atoms with Crippen LogP contribution in [0.15, 0.2) is 23.8 Å². The van der Waals surface area contributed by atoms with Gasteiger partial charge in [0.25, 0.3) is 0 Å². The summed E-state index contributed by atoms with van der Waals surface area (Å²) >= 11 is 0. The molecular weight excluding hydrogens is 480 g/mol. The first-order valence-electron chi connectivity index (χ1n) is 14.7. The first kappa shape index (κ1) is 26.7. The van der Waals surface area contributed by atoms with E-state index < -0.39 is 17.8 Å². The van der Waals surface area contributed by atoms with Gasteiger partial charge in [0.1, 0.15) is 6.10 Å². The van der Waals surface area contributed by atoms with Crippen molar-refractivity contribution in [3.05, 3.63) is 23.8 Å². The summed E-state index contributed by atoms with van der Waals surface area (Å²) in [7, 11) is 0. The molecule has 0 bridgehead atoms. The molecule has 38 heavy (non-hydrogen) atoms. The number of ketones is 1. The highest BCUT2D eigenvalue weighted by Gasteiger charge is 2.69. The Morgan fingerprint density at radius 3 is 2.39 bits per heavy atom. The summed E-state index contributed by atoms with van der Waals surface area (Å²) in [6, 6.07) is 0. The molecule has 0 spiro atoms. The van der Waals surface area contributed by atoms with Crippen molar-refractivity contribution in [2.45, 2.75) is 118 Å². The zero-order valence-electron chi connectivity index (χ0n) is 24.4. The molecule has 4 aliphatic carbocycles. The second kappa shape index (κ2) is 8.04. The molecule has 0 radical (unpaired) electrons. The monoisotopic (exact) mass is 526 g/mol. The minimum absolute atomic E-state index is 0.0293. The summed E-state index contributed by atoms with van der Waals surface area (Å²) in [5.41, 5.74) is 0.0594. The summed E-state index contributed by atoms with van der Waals surface area (Å²) in [5.74, 6) is 0.574. The van der Waals surface area contributed by atoms with Crippen molar-refractivity contribution < 1.29 is 28.9 Å². The van der Waals surface area contributed by atoms with Crippen molar-refractivity contribution in [2.75, 3.05) is 0 Å². The lowest BCUT2D eigenvalue weighted by Crippen LogP contribution is -2.63. The molecule has 2 aliphatic heterocycles. The van der Waals surface area contributed by atoms with Crippen molar-refractivity contribution in [1.82, 2.24) is 0 Å². The minimum atomic E-state index is -0.566. The van der Waals surface area contributed by atoms with Gasteiger partial charge in [0.15, 0.2) is 5.78 Å². The average Bonchev–Trinajstić information content (AvgIpc) is 3.11. The van der Waals surface area contributed by atoms with Gasteiger partial charge >= 0.3 is 5.97 Å². The van der Waals surface area contributed by atoms with Crippen LogP contribution < -0.4 is 0 Å². The van der Waals surface area contributed by atoms with Gasteiger partial charge in [-0.25, -0.2) is 0 Å². The number of allylic oxidation sites excluding steroid dienone is 3. The van der Waals surface area contributed by atoms with E-state index in [1.807, 2.05) is 6.08 Å². The third-order valence-corrected chi connectivity index (χ3v) is 12.4. The van der Waals surface area contributed by atoms with Crippen LogP contribution in [0.25, 0.3) is 0 Å². The molecule has 2 saturated carbocycles. The Morgan fingerprint density at radius 1 is 1.08 bits per heavy atom. The van der Waals surface area contributed by atoms with Crippen molar-refractivity contribution in [1.29, 1.82) is 0 Å². The van der Waals surface area contributed by atoms with E-state index in [1.165, 1.54) is 12.5 Å². The fourth-order valence-corrected chi connectivity index (χ4v) is 10.3. The van der Waals surface area contributed by atoms with Gasteiger partial charge in [-0.05, 0) is 80.6 Å². The van der Waals surface area contributed by atoms with Crippen molar-refractivity contribution in [3.8, 4) is 0 Å². The summed E-state index contributed by atoms with van der Waals surface area (Å²) in [5, 5.41) is 11.9. The number of fused-ring (bicyclic) bond motifs is 5. The Balaban J connectivity index is 1.33. The SMILES string of the molecule is CC(=O)O[C@H]1O[C@@H]([C@@H]2OC2(C)C)C[C@H]1[C@@H]1CC=C2[C@]3(C)[C@H](O)C[C@H]4C(C)(C)C(=O)C=C[C@]4(C)[C@H]3CC[C@]21C. The highest BCUT2D eigenvalue weighted by molar-refractivity contribution is 5.95. The Kier molecular flexibility index (Phi) is 5.65. The summed E-state index contributed by atoms with van der Waals surface area (Å²) in [6.07, 6.45) is 9.63. The van der Waals surface area contributed by atoms with E-state index >= 15 is 0 Å². The molecule has 6 nitrogen and oxygen atoms in total. The van der Waals surface area contributed by atoms with Crippen molar-refractivity contribution >= 4 is 11.8 Å². The second-order valence-electron chi connectivity index (χ2n) is 15.0. The molecule has 4 fully saturated rings. The minimum Gasteiger partial charge on any atom is -0.436 e. The molecule has 2 saturated heterocycles. The topological polar surface area (TPSA) is 85.4 Å². The van der Waals surface area contributed by atoms with Crippen LogP contribution in [-0.4, -0.2) is 47.1 Å². The van der Waals surface area contributed by atoms with Gasteiger partial charge in [-0.2, -0.15) is 0 Å². The van der Waals surface area contributed by atoms with Crippen LogP contribution in [0.5, 0.6) is 0 Å². The van der Waals surface area contributed by atoms with Gasteiger partial charge < -0.3 is 19.3 Å². The predicted molar refractivity (Wildman–Crippen MR) is 143 cm³/mol. The number of hydrogen-bond donors (Lipinski definition) is 1. The fraction of sp³-hybridized carbons (Fsp3) is 0.812. The Morgan fingerprint density at radius 2 is 1.76 bits per heavy atom. The zero-order valence-corrected chi connectivity index (χ0v) is 24.4. The lowest BCUT2D eigenvalue weighted by Gasteiger charge is -2.66. The van der Waals surface area contributed by atoms with Crippen LogP contribution in [0.2, 0.25) is 0 Å². The number of carbonyl (C=O) groups is 2. The largest absolute Gasteiger partial charge is 0.436 e. The highest BCUT2D eigenvalue weighted by Crippen LogP contribution is 2.72. The van der Waals surface area contributed by atoms with Gasteiger partial charge in [-0.1, -0.05) is 52.3 Å². The predicted octanol–water partition coefficient (Wildman–Crippen LogP) is 5.38. The van der Waals surface area contributed by atoms with Gasteiger partial charge in [0.2, 0.25) is 6.29 Å². The van der Waals surface area contributed by atoms with E-state index in [1.54, 1.807) is 0 Å². The summed E-state index contributed by atoms with van der Waals surface area (Å²) in [6.45, 7) is 16.7. The molecule has 2 heterocycles. The van der Waals surface area contributed by atoms with E-state index in [0.29, 0.717) is 6.42 Å². The maximum atomic E-state index is 12.9. The molecular formula is C32H46O6. The number of rotatable bonds is 3. The van der Waals surface area contributed by atoms with E-state index in [4.69, 9.17) is 14.2 Å². The quantitative estimate of drug-likeness (QED) is 0.302. The molecule has 6 rings (SSSR count). The number of carbonyl (C=O) groups excluding carboxylic acids is 2. The Bertz CT molecular complexity index is 1120. The van der Waals surface area contributed by atoms with Gasteiger partial charge in [-0.3, -0.25) is 9.59 Å². The summed E-state index contributed by atoms with van der Waals surface area (Å²) in [4.78, 5) is 24.9. The maximum Gasteiger partial charge on any atom is 0.304 e. The van der Waals surface area contributed by atoms with Gasteiger partial charge in [0, 0.05) is 23.7 Å². The molecule has 0 aromatic heterocycles. The average molecular weight is 527 g/mol. The molecule has 0 aromatic rings. The Hall–Kier alpha value is -1.50. The third-order valence-electron chi connectivity index (χ3n) is 12.4. The van der Waals surface area contributed by atoms with E-state index in [9.17, 15) is 14.7 Å². The normalized spacial score (nSPS) is 52.0. The van der Waals surface area contributed by atoms with Crippen LogP contribution in [0.4, 0.5) is 0 Å². The van der Waals surface area contributed by atoms with Crippen LogP contribution in [0, 0.1) is 45.3 Å². The van der Waals surface area contributed by atoms with E-state index in [0.717, 1.165) is 25.7 Å². The third kappa shape index (κ3) is 3.41. The molecule has 6 aliphatic rings. The molecule has 0 aromatic carbocycles. The standard InChI is InChI=1S/C32H46O6/c1-17(33)36-27-18(15-20(37-27)26-29(4,5)38-26)19-9-10-21-30(19,6)13-11-22-31(7)14-12-24(34)28(2,3)23(31)16-25(35)32(21,22)8/h10,12,14,18-20,22-23,25-27,35H,9,11,13,15-16H2,1-8H3/t18-,19-,20+,22+,23-,25+,26-,27-,30-,31+,32-/m0/s1.